The van der Waals surface area contributed by atoms with Gasteiger partial charge in [0.2, 0.25) is 10.0 Å². The second-order valence-electron chi connectivity index (χ2n) is 5.72. The lowest BCUT2D eigenvalue weighted by Gasteiger charge is -2.23. The van der Waals surface area contributed by atoms with Crippen LogP contribution in [0.3, 0.4) is 0 Å². The summed E-state index contributed by atoms with van der Waals surface area (Å²) in [5.41, 5.74) is 7.31. The van der Waals surface area contributed by atoms with E-state index in [9.17, 15) is 8.42 Å². The average Bonchev–Trinajstić information content (AvgIpc) is 2.99. The Labute approximate surface area is 127 Å². The van der Waals surface area contributed by atoms with Crippen LogP contribution >= 0.6 is 0 Å². The van der Waals surface area contributed by atoms with Crippen LogP contribution in [0, 0.1) is 0 Å². The van der Waals surface area contributed by atoms with Crippen molar-refractivity contribution >= 4 is 10.0 Å². The predicted molar refractivity (Wildman–Crippen MR) is 85.2 cm³/mol. The van der Waals surface area contributed by atoms with Crippen molar-refractivity contribution in [2.24, 2.45) is 5.73 Å². The van der Waals surface area contributed by atoms with Gasteiger partial charge >= 0.3 is 0 Å². The van der Waals surface area contributed by atoms with E-state index in [0.717, 1.165) is 24.2 Å². The highest BCUT2D eigenvalue weighted by molar-refractivity contribution is 7.88. The van der Waals surface area contributed by atoms with Crippen LogP contribution in [0.5, 0.6) is 0 Å². The van der Waals surface area contributed by atoms with Gasteiger partial charge in [0.05, 0.1) is 5.75 Å². The fourth-order valence-corrected chi connectivity index (χ4v) is 3.89. The minimum atomic E-state index is -3.30. The lowest BCUT2D eigenvalue weighted by atomic mass is 10.1. The minimum Gasteiger partial charge on any atom is -0.326 e. The molecule has 118 valence electrons. The van der Waals surface area contributed by atoms with Crippen molar-refractivity contribution in [2.75, 3.05) is 19.6 Å². The summed E-state index contributed by atoms with van der Waals surface area (Å²) >= 11 is 0. The average molecular weight is 311 g/mol. The third-order valence-electron chi connectivity index (χ3n) is 3.95. The fourth-order valence-electron chi connectivity index (χ4n) is 2.68. The minimum absolute atomic E-state index is 0.00750. The smallest absolute Gasteiger partial charge is 0.215 e. The topological polar surface area (TPSA) is 75.4 Å². The summed E-state index contributed by atoms with van der Waals surface area (Å²) in [6, 6.07) is 7.67. The lowest BCUT2D eigenvalue weighted by Crippen LogP contribution is -2.40. The predicted octanol–water partition coefficient (Wildman–Crippen LogP) is 1.05. The molecular weight excluding hydrogens is 286 g/mol. The van der Waals surface area contributed by atoms with E-state index in [-0.39, 0.29) is 11.8 Å². The Hall–Kier alpha value is -0.950. The van der Waals surface area contributed by atoms with Gasteiger partial charge in [-0.05, 0) is 44.0 Å². The van der Waals surface area contributed by atoms with Crippen LogP contribution < -0.4 is 10.5 Å². The van der Waals surface area contributed by atoms with Crippen LogP contribution in [0.25, 0.3) is 0 Å². The first-order valence-corrected chi connectivity index (χ1v) is 9.14. The van der Waals surface area contributed by atoms with Crippen LogP contribution in [0.15, 0.2) is 24.3 Å². The highest BCUT2D eigenvalue weighted by Crippen LogP contribution is 2.12. The van der Waals surface area contributed by atoms with E-state index in [1.54, 1.807) is 0 Å². The zero-order valence-corrected chi connectivity index (χ0v) is 13.4. The van der Waals surface area contributed by atoms with E-state index < -0.39 is 10.0 Å². The molecular formula is C15H25N3O2S. The monoisotopic (exact) mass is 311 g/mol. The number of nitrogens with two attached hydrogens (primary N) is 1. The third-order valence-corrected chi connectivity index (χ3v) is 5.27. The first-order chi connectivity index (χ1) is 10.00. The van der Waals surface area contributed by atoms with E-state index in [1.165, 1.54) is 12.8 Å². The van der Waals surface area contributed by atoms with E-state index in [4.69, 9.17) is 5.73 Å². The van der Waals surface area contributed by atoms with Gasteiger partial charge in [0.25, 0.3) is 0 Å². The molecule has 0 saturated carbocycles. The van der Waals surface area contributed by atoms with Gasteiger partial charge in [0, 0.05) is 19.1 Å². The molecule has 1 aromatic rings. The van der Waals surface area contributed by atoms with Crippen molar-refractivity contribution in [3.05, 3.63) is 35.4 Å². The van der Waals surface area contributed by atoms with Gasteiger partial charge in [-0.15, -0.1) is 0 Å². The standard InChI is InChI=1S/C15H25N3O2S/c1-13(18-7-2-3-8-18)11-17-21(19,20)12-15-6-4-5-14(9-15)10-16/h4-6,9,13,17H,2-3,7-8,10-12,16H2,1H3. The van der Waals surface area contributed by atoms with Crippen LogP contribution in [0.4, 0.5) is 0 Å². The molecule has 0 aliphatic carbocycles. The molecule has 1 aliphatic heterocycles. The number of hydrogen-bond acceptors (Lipinski definition) is 4. The maximum absolute atomic E-state index is 12.2. The Morgan fingerprint density at radius 3 is 2.62 bits per heavy atom. The van der Waals surface area contributed by atoms with Gasteiger partial charge in [0.15, 0.2) is 0 Å². The Kier molecular flexibility index (Phi) is 5.75. The van der Waals surface area contributed by atoms with Crippen molar-refractivity contribution in [1.82, 2.24) is 9.62 Å². The van der Waals surface area contributed by atoms with Gasteiger partial charge in [-0.25, -0.2) is 13.1 Å². The van der Waals surface area contributed by atoms with Crippen LogP contribution in [-0.2, 0) is 22.3 Å². The Bertz CT molecular complexity index is 554. The number of nitrogens with zero attached hydrogens (tertiary/aromatic N) is 1. The highest BCUT2D eigenvalue weighted by Gasteiger charge is 2.20. The molecule has 0 spiro atoms. The molecule has 5 nitrogen and oxygen atoms in total. The number of rotatable bonds is 7. The van der Waals surface area contributed by atoms with Crippen LogP contribution in [-0.4, -0.2) is 39.0 Å². The maximum Gasteiger partial charge on any atom is 0.215 e. The number of sulfonamides is 1. The third kappa shape index (κ3) is 5.07. The van der Waals surface area contributed by atoms with Crippen LogP contribution in [0.2, 0.25) is 0 Å². The highest BCUT2D eigenvalue weighted by atomic mass is 32.2. The summed E-state index contributed by atoms with van der Waals surface area (Å²) in [4.78, 5) is 2.33. The molecule has 6 heteroatoms. The fraction of sp³-hybridized carbons (Fsp3) is 0.600. The molecule has 0 radical (unpaired) electrons. The molecule has 0 bridgehead atoms. The summed E-state index contributed by atoms with van der Waals surface area (Å²) < 4.78 is 27.0. The quantitative estimate of drug-likeness (QED) is 0.789. The molecule has 1 unspecified atom stereocenters. The molecule has 1 heterocycles. The summed E-state index contributed by atoms with van der Waals surface area (Å²) in [6.07, 6.45) is 2.42. The Morgan fingerprint density at radius 2 is 1.95 bits per heavy atom. The zero-order chi connectivity index (χ0) is 15.3. The molecule has 1 aliphatic rings. The number of hydrogen-bond donors (Lipinski definition) is 2. The molecule has 1 atom stereocenters. The van der Waals surface area contributed by atoms with Gasteiger partial charge in [-0.1, -0.05) is 24.3 Å². The van der Waals surface area contributed by atoms with Gasteiger partial charge in [-0.3, -0.25) is 4.90 Å². The summed E-state index contributed by atoms with van der Waals surface area (Å²) in [7, 11) is -3.30. The number of nitrogens with one attached hydrogen (secondary N) is 1. The molecule has 21 heavy (non-hydrogen) atoms. The van der Waals surface area contributed by atoms with E-state index >= 15 is 0 Å². The normalized spacial score (nSPS) is 18.0. The Balaban J connectivity index is 1.89. The first kappa shape index (κ1) is 16.4. The second-order valence-corrected chi connectivity index (χ2v) is 7.53. The van der Waals surface area contributed by atoms with Gasteiger partial charge < -0.3 is 5.73 Å². The first-order valence-electron chi connectivity index (χ1n) is 7.49. The van der Waals surface area contributed by atoms with E-state index in [0.29, 0.717) is 13.1 Å². The van der Waals surface area contributed by atoms with E-state index in [2.05, 4.69) is 16.5 Å². The maximum atomic E-state index is 12.2. The number of likely N-dealkylation sites (tertiary alicyclic amines) is 1. The van der Waals surface area contributed by atoms with Gasteiger partial charge in [-0.2, -0.15) is 0 Å². The summed E-state index contributed by atoms with van der Waals surface area (Å²) in [5, 5.41) is 0. The van der Waals surface area contributed by atoms with Crippen molar-refractivity contribution < 1.29 is 8.42 Å². The summed E-state index contributed by atoms with van der Waals surface area (Å²) in [6.45, 7) is 5.11. The largest absolute Gasteiger partial charge is 0.326 e. The van der Waals surface area contributed by atoms with Crippen molar-refractivity contribution in [3.63, 3.8) is 0 Å². The van der Waals surface area contributed by atoms with E-state index in [1.807, 2.05) is 24.3 Å². The van der Waals surface area contributed by atoms with Crippen LogP contribution in [0.1, 0.15) is 30.9 Å². The molecule has 1 fully saturated rings. The number of benzene rings is 1. The molecule has 2 rings (SSSR count). The van der Waals surface area contributed by atoms with Crippen molar-refractivity contribution in [3.8, 4) is 0 Å². The molecule has 0 amide bonds. The zero-order valence-electron chi connectivity index (χ0n) is 12.6. The SMILES string of the molecule is CC(CNS(=O)(=O)Cc1cccc(CN)c1)N1CCCC1. The molecule has 1 saturated heterocycles. The van der Waals surface area contributed by atoms with Crippen molar-refractivity contribution in [2.45, 2.75) is 38.1 Å². The van der Waals surface area contributed by atoms with Gasteiger partial charge in [0.1, 0.15) is 0 Å². The Morgan fingerprint density at radius 1 is 1.29 bits per heavy atom. The lowest BCUT2D eigenvalue weighted by molar-refractivity contribution is 0.260. The van der Waals surface area contributed by atoms with Crippen molar-refractivity contribution in [1.29, 1.82) is 0 Å². The molecule has 1 aromatic carbocycles. The molecule has 3 N–H and O–H groups in total. The second kappa shape index (κ2) is 7.35. The molecule has 0 aromatic heterocycles. The summed E-state index contributed by atoms with van der Waals surface area (Å²) in [5.74, 6) is 0.00750.